The Labute approximate surface area is 163 Å². The highest BCUT2D eigenvalue weighted by Crippen LogP contribution is 2.39. The normalized spacial score (nSPS) is 15.9. The van der Waals surface area contributed by atoms with Gasteiger partial charge in [0.15, 0.2) is 6.61 Å². The van der Waals surface area contributed by atoms with Crippen LogP contribution in [0, 0.1) is 26.7 Å². The SMILES string of the molecule is Cc1ccc(C)c(OCC(=O)Nc2sc3c(c2C(N)=O)CC[C@H](C)C3)c1C. The Morgan fingerprint density at radius 1 is 1.26 bits per heavy atom. The standard InChI is InChI=1S/C21H26N2O3S/c1-11-5-8-15-16(9-11)27-21(18(15)20(22)25)23-17(24)10-26-19-13(3)7-6-12(2)14(19)4/h6-7,11H,5,8-10H2,1-4H3,(H2,22,25)(H,23,24)/t11-/m0/s1. The fraction of sp³-hybridized carbons (Fsp3) is 0.429. The summed E-state index contributed by atoms with van der Waals surface area (Å²) in [5, 5.41) is 3.39. The molecule has 1 atom stereocenters. The van der Waals surface area contributed by atoms with Crippen LogP contribution in [0.15, 0.2) is 12.1 Å². The highest BCUT2D eigenvalue weighted by Gasteiger charge is 2.27. The highest BCUT2D eigenvalue weighted by atomic mass is 32.1. The summed E-state index contributed by atoms with van der Waals surface area (Å²) in [6, 6.07) is 4.02. The number of primary amides is 1. The second kappa shape index (κ2) is 7.72. The topological polar surface area (TPSA) is 81.4 Å². The molecule has 0 radical (unpaired) electrons. The number of anilines is 1. The minimum atomic E-state index is -0.483. The molecule has 1 aromatic heterocycles. The average molecular weight is 387 g/mol. The van der Waals surface area contributed by atoms with Gasteiger partial charge in [-0.1, -0.05) is 19.1 Å². The molecule has 0 spiro atoms. The van der Waals surface area contributed by atoms with E-state index in [2.05, 4.69) is 12.2 Å². The quantitative estimate of drug-likeness (QED) is 0.817. The van der Waals surface area contributed by atoms with Crippen molar-refractivity contribution in [3.05, 3.63) is 44.8 Å². The van der Waals surface area contributed by atoms with Gasteiger partial charge in [-0.25, -0.2) is 0 Å². The van der Waals surface area contributed by atoms with Crippen molar-refractivity contribution in [2.24, 2.45) is 11.7 Å². The second-order valence-corrected chi connectivity index (χ2v) is 8.52. The molecule has 0 fully saturated rings. The molecule has 0 aliphatic heterocycles. The lowest BCUT2D eigenvalue weighted by molar-refractivity contribution is -0.118. The Balaban J connectivity index is 1.75. The van der Waals surface area contributed by atoms with Crippen molar-refractivity contribution >= 4 is 28.2 Å². The number of rotatable bonds is 5. The molecule has 5 nitrogen and oxygen atoms in total. The first-order valence-corrected chi connectivity index (χ1v) is 10.0. The molecule has 27 heavy (non-hydrogen) atoms. The number of fused-ring (bicyclic) bond motifs is 1. The lowest BCUT2D eigenvalue weighted by Crippen LogP contribution is -2.23. The molecule has 0 saturated carbocycles. The van der Waals surface area contributed by atoms with E-state index >= 15 is 0 Å². The molecule has 1 aliphatic rings. The summed E-state index contributed by atoms with van der Waals surface area (Å²) in [4.78, 5) is 25.6. The Kier molecular flexibility index (Phi) is 5.56. The minimum Gasteiger partial charge on any atom is -0.483 e. The fourth-order valence-corrected chi connectivity index (χ4v) is 4.98. The van der Waals surface area contributed by atoms with Gasteiger partial charge in [0.2, 0.25) is 0 Å². The first-order valence-electron chi connectivity index (χ1n) is 9.21. The summed E-state index contributed by atoms with van der Waals surface area (Å²) in [6.45, 7) is 8.04. The number of amides is 2. The number of carbonyl (C=O) groups excluding carboxylic acids is 2. The zero-order valence-corrected chi connectivity index (χ0v) is 17.1. The molecule has 1 heterocycles. The number of aryl methyl sites for hydroxylation is 2. The number of ether oxygens (including phenoxy) is 1. The van der Waals surface area contributed by atoms with Gasteiger partial charge >= 0.3 is 0 Å². The van der Waals surface area contributed by atoms with E-state index in [-0.39, 0.29) is 12.5 Å². The van der Waals surface area contributed by atoms with Crippen LogP contribution in [0.25, 0.3) is 0 Å². The summed E-state index contributed by atoms with van der Waals surface area (Å²) >= 11 is 1.46. The Morgan fingerprint density at radius 2 is 1.96 bits per heavy atom. The molecular formula is C21H26N2O3S. The van der Waals surface area contributed by atoms with Crippen LogP contribution < -0.4 is 15.8 Å². The van der Waals surface area contributed by atoms with E-state index in [1.165, 1.54) is 11.3 Å². The molecular weight excluding hydrogens is 360 g/mol. The smallest absolute Gasteiger partial charge is 0.262 e. The molecule has 3 N–H and O–H groups in total. The van der Waals surface area contributed by atoms with Gasteiger partial charge in [0.25, 0.3) is 11.8 Å². The summed E-state index contributed by atoms with van der Waals surface area (Å²) in [6.07, 6.45) is 2.79. The number of nitrogens with two attached hydrogens (primary N) is 1. The summed E-state index contributed by atoms with van der Waals surface area (Å²) in [5.74, 6) is 0.545. The van der Waals surface area contributed by atoms with E-state index in [1.54, 1.807) is 0 Å². The third kappa shape index (κ3) is 4.00. The van der Waals surface area contributed by atoms with E-state index in [0.717, 1.165) is 52.1 Å². The first kappa shape index (κ1) is 19.4. The van der Waals surface area contributed by atoms with Crippen molar-refractivity contribution in [1.82, 2.24) is 0 Å². The Morgan fingerprint density at radius 3 is 2.67 bits per heavy atom. The third-order valence-electron chi connectivity index (χ3n) is 5.23. The molecule has 1 aliphatic carbocycles. The lowest BCUT2D eigenvalue weighted by Gasteiger charge is -2.18. The number of carbonyl (C=O) groups is 2. The predicted octanol–water partition coefficient (Wildman–Crippen LogP) is 3.91. The van der Waals surface area contributed by atoms with Crippen LogP contribution >= 0.6 is 11.3 Å². The van der Waals surface area contributed by atoms with Gasteiger partial charge in [-0.3, -0.25) is 9.59 Å². The van der Waals surface area contributed by atoms with Crippen molar-refractivity contribution in [2.75, 3.05) is 11.9 Å². The summed E-state index contributed by atoms with van der Waals surface area (Å²) in [7, 11) is 0. The van der Waals surface area contributed by atoms with Crippen molar-refractivity contribution in [2.45, 2.75) is 47.0 Å². The van der Waals surface area contributed by atoms with E-state index in [0.29, 0.717) is 16.5 Å². The summed E-state index contributed by atoms with van der Waals surface area (Å²) < 4.78 is 5.78. The maximum atomic E-state index is 12.5. The molecule has 2 aromatic rings. The maximum Gasteiger partial charge on any atom is 0.262 e. The largest absolute Gasteiger partial charge is 0.483 e. The van der Waals surface area contributed by atoms with Gasteiger partial charge in [0.05, 0.1) is 5.56 Å². The average Bonchev–Trinajstić information content (AvgIpc) is 2.95. The minimum absolute atomic E-state index is 0.109. The zero-order chi connectivity index (χ0) is 19.7. The molecule has 1 aromatic carbocycles. The van der Waals surface area contributed by atoms with Gasteiger partial charge in [-0.15, -0.1) is 11.3 Å². The van der Waals surface area contributed by atoms with Crippen molar-refractivity contribution < 1.29 is 14.3 Å². The van der Waals surface area contributed by atoms with Crippen LogP contribution in [0.2, 0.25) is 0 Å². The first-order chi connectivity index (χ1) is 12.8. The lowest BCUT2D eigenvalue weighted by atomic mass is 9.88. The molecule has 0 unspecified atom stereocenters. The van der Waals surface area contributed by atoms with E-state index in [9.17, 15) is 9.59 Å². The van der Waals surface area contributed by atoms with Crippen molar-refractivity contribution in [3.8, 4) is 5.75 Å². The fourth-order valence-electron chi connectivity index (χ4n) is 3.55. The number of hydrogen-bond acceptors (Lipinski definition) is 4. The molecule has 0 saturated heterocycles. The molecule has 6 heteroatoms. The van der Waals surface area contributed by atoms with E-state index in [4.69, 9.17) is 10.5 Å². The van der Waals surface area contributed by atoms with Crippen LogP contribution in [-0.4, -0.2) is 18.4 Å². The van der Waals surface area contributed by atoms with E-state index in [1.807, 2.05) is 32.9 Å². The van der Waals surface area contributed by atoms with Gasteiger partial charge in [0.1, 0.15) is 10.8 Å². The third-order valence-corrected chi connectivity index (χ3v) is 6.40. The van der Waals surface area contributed by atoms with Gasteiger partial charge in [-0.2, -0.15) is 0 Å². The van der Waals surface area contributed by atoms with Gasteiger partial charge in [-0.05, 0) is 68.2 Å². The van der Waals surface area contributed by atoms with Crippen LogP contribution in [0.1, 0.15) is 50.8 Å². The number of thiophene rings is 1. The molecule has 0 bridgehead atoms. The van der Waals surface area contributed by atoms with Gasteiger partial charge in [0, 0.05) is 4.88 Å². The van der Waals surface area contributed by atoms with E-state index < -0.39 is 5.91 Å². The highest BCUT2D eigenvalue weighted by molar-refractivity contribution is 7.17. The Bertz CT molecular complexity index is 901. The molecule has 3 rings (SSSR count). The van der Waals surface area contributed by atoms with Crippen molar-refractivity contribution in [3.63, 3.8) is 0 Å². The molecule has 144 valence electrons. The van der Waals surface area contributed by atoms with Crippen LogP contribution in [0.3, 0.4) is 0 Å². The van der Waals surface area contributed by atoms with Crippen LogP contribution in [-0.2, 0) is 17.6 Å². The number of benzene rings is 1. The monoisotopic (exact) mass is 386 g/mol. The second-order valence-electron chi connectivity index (χ2n) is 7.41. The molecule has 2 amide bonds. The maximum absolute atomic E-state index is 12.5. The van der Waals surface area contributed by atoms with Crippen molar-refractivity contribution in [1.29, 1.82) is 0 Å². The van der Waals surface area contributed by atoms with Crippen LogP contribution in [0.4, 0.5) is 5.00 Å². The summed E-state index contributed by atoms with van der Waals surface area (Å²) in [5.41, 5.74) is 10.2. The number of hydrogen-bond donors (Lipinski definition) is 2. The van der Waals surface area contributed by atoms with Gasteiger partial charge < -0.3 is 15.8 Å². The predicted molar refractivity (Wildman–Crippen MR) is 109 cm³/mol. The zero-order valence-electron chi connectivity index (χ0n) is 16.3. The number of nitrogens with one attached hydrogen (secondary N) is 1. The Hall–Kier alpha value is -2.34. The van der Waals surface area contributed by atoms with Crippen LogP contribution in [0.5, 0.6) is 5.75 Å².